The maximum atomic E-state index is 12.6. The molecule has 0 amide bonds. The Bertz CT molecular complexity index is 348. The number of hydrogen-bond donors (Lipinski definition) is 0. The predicted octanol–water partition coefficient (Wildman–Crippen LogP) is 2.94. The van der Waals surface area contributed by atoms with E-state index < -0.39 is 12.1 Å². The van der Waals surface area contributed by atoms with Crippen LogP contribution in [0.4, 0.5) is 4.39 Å². The number of esters is 1. The zero-order chi connectivity index (χ0) is 12.7. The quantitative estimate of drug-likeness (QED) is 0.566. The molecule has 0 bridgehead atoms. The van der Waals surface area contributed by atoms with Gasteiger partial charge in [0, 0.05) is 0 Å². The second-order valence-corrected chi connectivity index (χ2v) is 3.74. The van der Waals surface area contributed by atoms with Crippen LogP contribution in [0.5, 0.6) is 5.75 Å². The third kappa shape index (κ3) is 4.85. The molecule has 1 unspecified atom stereocenters. The van der Waals surface area contributed by atoms with Crippen LogP contribution in [0.15, 0.2) is 24.3 Å². The van der Waals surface area contributed by atoms with Crippen molar-refractivity contribution in [2.45, 2.75) is 32.8 Å². The molecule has 1 aromatic rings. The van der Waals surface area contributed by atoms with E-state index in [-0.39, 0.29) is 5.82 Å². The lowest BCUT2D eigenvalue weighted by Gasteiger charge is -2.13. The Balaban J connectivity index is 2.40. The van der Waals surface area contributed by atoms with Gasteiger partial charge in [-0.05, 0) is 37.6 Å². The lowest BCUT2D eigenvalue weighted by atomic mass is 10.3. The fraction of sp³-hybridized carbons (Fsp3) is 0.462. The number of carbonyl (C=O) groups is 1. The van der Waals surface area contributed by atoms with Gasteiger partial charge in [-0.2, -0.15) is 0 Å². The highest BCUT2D eigenvalue weighted by atomic mass is 19.1. The van der Waals surface area contributed by atoms with Gasteiger partial charge in [0.2, 0.25) is 0 Å². The van der Waals surface area contributed by atoms with Gasteiger partial charge in [0.25, 0.3) is 0 Å². The van der Waals surface area contributed by atoms with Crippen molar-refractivity contribution in [3.63, 3.8) is 0 Å². The van der Waals surface area contributed by atoms with Crippen molar-refractivity contribution < 1.29 is 18.7 Å². The van der Waals surface area contributed by atoms with Crippen LogP contribution in [0.25, 0.3) is 0 Å². The monoisotopic (exact) mass is 240 g/mol. The average molecular weight is 240 g/mol. The van der Waals surface area contributed by atoms with E-state index in [0.717, 1.165) is 12.8 Å². The number of hydrogen-bond acceptors (Lipinski definition) is 3. The molecule has 1 atom stereocenters. The zero-order valence-corrected chi connectivity index (χ0v) is 10.1. The van der Waals surface area contributed by atoms with E-state index in [9.17, 15) is 9.18 Å². The highest BCUT2D eigenvalue weighted by molar-refractivity contribution is 5.74. The van der Waals surface area contributed by atoms with E-state index in [1.807, 2.05) is 6.92 Å². The van der Waals surface area contributed by atoms with Gasteiger partial charge in [-0.15, -0.1) is 0 Å². The largest absolute Gasteiger partial charge is 0.479 e. The summed E-state index contributed by atoms with van der Waals surface area (Å²) in [5, 5.41) is 0. The Hall–Kier alpha value is -1.58. The number of rotatable bonds is 6. The maximum Gasteiger partial charge on any atom is 0.347 e. The molecule has 0 saturated heterocycles. The number of ether oxygens (including phenoxy) is 2. The molecule has 0 aromatic heterocycles. The Kier molecular flexibility index (Phi) is 5.46. The molecule has 0 heterocycles. The average Bonchev–Trinajstić information content (AvgIpc) is 2.32. The standard InChI is InChI=1S/C13H17FO3/c1-3-4-9-16-13(15)10(2)17-12-7-5-11(14)6-8-12/h5-8,10H,3-4,9H2,1-2H3. The fourth-order valence-electron chi connectivity index (χ4n) is 1.20. The van der Waals surface area contributed by atoms with Gasteiger partial charge in [-0.3, -0.25) is 0 Å². The van der Waals surface area contributed by atoms with Gasteiger partial charge in [0.1, 0.15) is 11.6 Å². The summed E-state index contributed by atoms with van der Waals surface area (Å²) in [5.41, 5.74) is 0. The minimum atomic E-state index is -0.683. The molecular weight excluding hydrogens is 223 g/mol. The molecule has 0 aliphatic rings. The molecule has 4 heteroatoms. The number of unbranched alkanes of at least 4 members (excludes halogenated alkanes) is 1. The Morgan fingerprint density at radius 2 is 2.00 bits per heavy atom. The van der Waals surface area contributed by atoms with E-state index in [1.54, 1.807) is 6.92 Å². The third-order valence-electron chi connectivity index (χ3n) is 2.20. The van der Waals surface area contributed by atoms with Gasteiger partial charge >= 0.3 is 5.97 Å². The first-order chi connectivity index (χ1) is 8.13. The first-order valence-corrected chi connectivity index (χ1v) is 5.72. The van der Waals surface area contributed by atoms with Crippen molar-refractivity contribution >= 4 is 5.97 Å². The van der Waals surface area contributed by atoms with Crippen molar-refractivity contribution in [3.05, 3.63) is 30.1 Å². The van der Waals surface area contributed by atoms with Crippen LogP contribution in [0.3, 0.4) is 0 Å². The first-order valence-electron chi connectivity index (χ1n) is 5.72. The minimum Gasteiger partial charge on any atom is -0.479 e. The topological polar surface area (TPSA) is 35.5 Å². The highest BCUT2D eigenvalue weighted by Gasteiger charge is 2.15. The van der Waals surface area contributed by atoms with E-state index in [1.165, 1.54) is 24.3 Å². The van der Waals surface area contributed by atoms with Crippen LogP contribution in [0.1, 0.15) is 26.7 Å². The van der Waals surface area contributed by atoms with E-state index >= 15 is 0 Å². The normalized spacial score (nSPS) is 11.9. The van der Waals surface area contributed by atoms with E-state index in [0.29, 0.717) is 12.4 Å². The SMILES string of the molecule is CCCCOC(=O)C(C)Oc1ccc(F)cc1. The van der Waals surface area contributed by atoms with Crippen LogP contribution in [0.2, 0.25) is 0 Å². The van der Waals surface area contributed by atoms with Crippen molar-refractivity contribution in [1.29, 1.82) is 0 Å². The summed E-state index contributed by atoms with van der Waals surface area (Å²) in [4.78, 5) is 11.5. The second kappa shape index (κ2) is 6.89. The van der Waals surface area contributed by atoms with Crippen molar-refractivity contribution in [1.82, 2.24) is 0 Å². The molecule has 0 aliphatic carbocycles. The van der Waals surface area contributed by atoms with Gasteiger partial charge in [-0.25, -0.2) is 9.18 Å². The van der Waals surface area contributed by atoms with Gasteiger partial charge < -0.3 is 9.47 Å². The molecular formula is C13H17FO3. The molecule has 0 saturated carbocycles. The summed E-state index contributed by atoms with van der Waals surface area (Å²) < 4.78 is 23.0. The van der Waals surface area contributed by atoms with Crippen LogP contribution < -0.4 is 4.74 Å². The third-order valence-corrected chi connectivity index (χ3v) is 2.20. The van der Waals surface area contributed by atoms with Gasteiger partial charge in [-0.1, -0.05) is 13.3 Å². The summed E-state index contributed by atoms with van der Waals surface area (Å²) in [5.74, 6) is -0.287. The molecule has 0 radical (unpaired) electrons. The molecule has 0 aliphatic heterocycles. The molecule has 0 fully saturated rings. The van der Waals surface area contributed by atoms with Crippen molar-refractivity contribution in [3.8, 4) is 5.75 Å². The molecule has 0 N–H and O–H groups in total. The molecule has 1 aromatic carbocycles. The Morgan fingerprint density at radius 3 is 2.59 bits per heavy atom. The highest BCUT2D eigenvalue weighted by Crippen LogP contribution is 2.13. The van der Waals surface area contributed by atoms with Gasteiger partial charge in [0.05, 0.1) is 6.61 Å². The first kappa shape index (κ1) is 13.5. The molecule has 0 spiro atoms. The smallest absolute Gasteiger partial charge is 0.347 e. The summed E-state index contributed by atoms with van der Waals surface area (Å²) in [6, 6.07) is 5.52. The van der Waals surface area contributed by atoms with Crippen LogP contribution >= 0.6 is 0 Å². The number of carbonyl (C=O) groups excluding carboxylic acids is 1. The summed E-state index contributed by atoms with van der Waals surface area (Å²) >= 11 is 0. The molecule has 94 valence electrons. The lowest BCUT2D eigenvalue weighted by Crippen LogP contribution is -2.26. The molecule has 3 nitrogen and oxygen atoms in total. The Morgan fingerprint density at radius 1 is 1.35 bits per heavy atom. The number of benzene rings is 1. The summed E-state index contributed by atoms with van der Waals surface area (Å²) in [6.45, 7) is 4.04. The summed E-state index contributed by atoms with van der Waals surface area (Å²) in [7, 11) is 0. The molecule has 1 rings (SSSR count). The van der Waals surface area contributed by atoms with Crippen molar-refractivity contribution in [2.24, 2.45) is 0 Å². The van der Waals surface area contributed by atoms with Crippen molar-refractivity contribution in [2.75, 3.05) is 6.61 Å². The van der Waals surface area contributed by atoms with Crippen LogP contribution in [0, 0.1) is 5.82 Å². The maximum absolute atomic E-state index is 12.6. The summed E-state index contributed by atoms with van der Waals surface area (Å²) in [6.07, 6.45) is 1.13. The minimum absolute atomic E-state index is 0.337. The van der Waals surface area contributed by atoms with E-state index in [2.05, 4.69) is 0 Å². The number of halogens is 1. The fourth-order valence-corrected chi connectivity index (χ4v) is 1.20. The van der Waals surface area contributed by atoms with E-state index in [4.69, 9.17) is 9.47 Å². The van der Waals surface area contributed by atoms with Gasteiger partial charge in [0.15, 0.2) is 6.10 Å². The van der Waals surface area contributed by atoms with Crippen LogP contribution in [-0.4, -0.2) is 18.7 Å². The zero-order valence-electron chi connectivity index (χ0n) is 10.1. The second-order valence-electron chi connectivity index (χ2n) is 3.74. The Labute approximate surface area is 101 Å². The van der Waals surface area contributed by atoms with Crippen LogP contribution in [-0.2, 0) is 9.53 Å². The molecule has 17 heavy (non-hydrogen) atoms. The predicted molar refractivity (Wildman–Crippen MR) is 62.4 cm³/mol. The lowest BCUT2D eigenvalue weighted by molar-refractivity contribution is -0.151.